The molecule has 56 valence electrons. The molecular weight excluding hydrogens is 158 g/mol. The highest BCUT2D eigenvalue weighted by molar-refractivity contribution is 7.79. The van der Waals surface area contributed by atoms with Crippen LogP contribution in [0.5, 0.6) is 0 Å². The van der Waals surface area contributed by atoms with Crippen LogP contribution in [-0.4, -0.2) is 14.6 Å². The van der Waals surface area contributed by atoms with Gasteiger partial charge in [-0.05, 0) is 12.1 Å². The van der Waals surface area contributed by atoms with Crippen LogP contribution in [0, 0.1) is 0 Å². The molecule has 0 saturated carbocycles. The predicted octanol–water partition coefficient (Wildman–Crippen LogP) is 1.16. The Morgan fingerprint density at radius 3 is 3.09 bits per heavy atom. The summed E-state index contributed by atoms with van der Waals surface area (Å²) in [4.78, 5) is 4.21. The fraction of sp³-hybridized carbons (Fsp3) is 0.143. The van der Waals surface area contributed by atoms with Gasteiger partial charge in [0.05, 0.1) is 5.75 Å². The van der Waals surface area contributed by atoms with Crippen molar-refractivity contribution >= 4 is 18.3 Å². The molecule has 0 aliphatic heterocycles. The molecule has 0 aliphatic rings. The van der Waals surface area contributed by atoms with E-state index in [1.807, 2.05) is 24.4 Å². The first kappa shape index (κ1) is 6.67. The van der Waals surface area contributed by atoms with Crippen molar-refractivity contribution in [3.8, 4) is 0 Å². The molecule has 0 saturated heterocycles. The summed E-state index contributed by atoms with van der Waals surface area (Å²) < 4.78 is 1.74. The van der Waals surface area contributed by atoms with Gasteiger partial charge >= 0.3 is 0 Å². The second-order valence-electron chi connectivity index (χ2n) is 2.19. The number of thiol groups is 1. The van der Waals surface area contributed by atoms with E-state index in [2.05, 4.69) is 22.7 Å². The molecule has 0 atom stereocenters. The second-order valence-corrected chi connectivity index (χ2v) is 2.51. The fourth-order valence-corrected chi connectivity index (χ4v) is 1.08. The zero-order valence-corrected chi connectivity index (χ0v) is 6.70. The number of pyridine rings is 1. The fourth-order valence-electron chi connectivity index (χ4n) is 0.945. The lowest BCUT2D eigenvalue weighted by molar-refractivity contribution is 0.925. The third-order valence-electron chi connectivity index (χ3n) is 1.43. The Bertz CT molecular complexity index is 335. The van der Waals surface area contributed by atoms with Crippen molar-refractivity contribution < 1.29 is 0 Å². The molecule has 0 bridgehead atoms. The van der Waals surface area contributed by atoms with Crippen LogP contribution < -0.4 is 0 Å². The smallest absolute Gasteiger partial charge is 0.161 e. The summed E-state index contributed by atoms with van der Waals surface area (Å²) in [6.07, 6.45) is 1.87. The Morgan fingerprint density at radius 1 is 1.45 bits per heavy atom. The SMILES string of the molecule is SCc1nc2ccccn2n1. The maximum Gasteiger partial charge on any atom is 0.161 e. The van der Waals surface area contributed by atoms with Crippen molar-refractivity contribution in [1.29, 1.82) is 0 Å². The highest BCUT2D eigenvalue weighted by Gasteiger charge is 1.97. The van der Waals surface area contributed by atoms with E-state index in [4.69, 9.17) is 0 Å². The van der Waals surface area contributed by atoms with Gasteiger partial charge < -0.3 is 0 Å². The molecule has 11 heavy (non-hydrogen) atoms. The lowest BCUT2D eigenvalue weighted by Gasteiger charge is -1.84. The summed E-state index contributed by atoms with van der Waals surface area (Å²) in [7, 11) is 0. The average Bonchev–Trinajstić information content (AvgIpc) is 2.46. The minimum atomic E-state index is 0.585. The van der Waals surface area contributed by atoms with Gasteiger partial charge in [0, 0.05) is 6.20 Å². The standard InChI is InChI=1S/C7H7N3S/c11-5-6-8-7-3-1-2-4-10(7)9-6/h1-4,11H,5H2. The van der Waals surface area contributed by atoms with E-state index in [1.54, 1.807) is 4.52 Å². The Labute approximate surface area is 69.5 Å². The molecule has 0 unspecified atom stereocenters. The van der Waals surface area contributed by atoms with Gasteiger partial charge in [-0.2, -0.15) is 17.7 Å². The van der Waals surface area contributed by atoms with Crippen LogP contribution in [0.1, 0.15) is 5.82 Å². The number of hydrogen-bond donors (Lipinski definition) is 1. The van der Waals surface area contributed by atoms with E-state index in [9.17, 15) is 0 Å². The zero-order chi connectivity index (χ0) is 7.68. The molecule has 0 aliphatic carbocycles. The minimum Gasteiger partial charge on any atom is -0.221 e. The normalized spacial score (nSPS) is 10.6. The Morgan fingerprint density at radius 2 is 2.36 bits per heavy atom. The van der Waals surface area contributed by atoms with Gasteiger partial charge in [0.2, 0.25) is 0 Å². The lowest BCUT2D eigenvalue weighted by Crippen LogP contribution is -1.84. The highest BCUT2D eigenvalue weighted by Crippen LogP contribution is 2.01. The van der Waals surface area contributed by atoms with Crippen LogP contribution in [0.15, 0.2) is 24.4 Å². The third-order valence-corrected chi connectivity index (χ3v) is 1.71. The van der Waals surface area contributed by atoms with Crippen LogP contribution in [0.4, 0.5) is 0 Å². The minimum absolute atomic E-state index is 0.585. The number of nitrogens with zero attached hydrogens (tertiary/aromatic N) is 3. The molecule has 2 aromatic rings. The first-order chi connectivity index (χ1) is 5.40. The van der Waals surface area contributed by atoms with Crippen LogP contribution in [0.3, 0.4) is 0 Å². The molecule has 2 rings (SSSR count). The molecule has 0 fully saturated rings. The van der Waals surface area contributed by atoms with Crippen molar-refractivity contribution in [2.45, 2.75) is 5.75 Å². The molecule has 0 aromatic carbocycles. The molecule has 0 N–H and O–H groups in total. The van der Waals surface area contributed by atoms with Crippen molar-refractivity contribution in [1.82, 2.24) is 14.6 Å². The first-order valence-electron chi connectivity index (χ1n) is 3.31. The number of hydrogen-bond acceptors (Lipinski definition) is 3. The zero-order valence-electron chi connectivity index (χ0n) is 5.81. The van der Waals surface area contributed by atoms with Crippen LogP contribution in [-0.2, 0) is 5.75 Å². The van der Waals surface area contributed by atoms with E-state index in [-0.39, 0.29) is 0 Å². The Balaban J connectivity index is 2.69. The highest BCUT2D eigenvalue weighted by atomic mass is 32.1. The second kappa shape index (κ2) is 2.54. The van der Waals surface area contributed by atoms with Gasteiger partial charge in [0.1, 0.15) is 0 Å². The summed E-state index contributed by atoms with van der Waals surface area (Å²) in [5, 5.41) is 4.16. The van der Waals surface area contributed by atoms with Gasteiger partial charge in [-0.1, -0.05) is 6.07 Å². The number of aromatic nitrogens is 3. The summed E-state index contributed by atoms with van der Waals surface area (Å²) >= 11 is 4.08. The van der Waals surface area contributed by atoms with Gasteiger partial charge in [0.25, 0.3) is 0 Å². The summed E-state index contributed by atoms with van der Waals surface area (Å²) in [6.45, 7) is 0. The maximum absolute atomic E-state index is 4.21. The number of fused-ring (bicyclic) bond motifs is 1. The van der Waals surface area contributed by atoms with E-state index in [0.717, 1.165) is 11.5 Å². The molecule has 2 aromatic heterocycles. The van der Waals surface area contributed by atoms with E-state index < -0.39 is 0 Å². The van der Waals surface area contributed by atoms with Crippen LogP contribution in [0.25, 0.3) is 5.65 Å². The summed E-state index contributed by atoms with van der Waals surface area (Å²) in [6, 6.07) is 5.77. The van der Waals surface area contributed by atoms with Gasteiger partial charge in [-0.15, -0.1) is 0 Å². The Kier molecular flexibility index (Phi) is 1.54. The molecule has 0 spiro atoms. The Hall–Kier alpha value is -1.03. The molecule has 0 amide bonds. The monoisotopic (exact) mass is 165 g/mol. The van der Waals surface area contributed by atoms with Crippen molar-refractivity contribution in [3.63, 3.8) is 0 Å². The van der Waals surface area contributed by atoms with E-state index in [1.165, 1.54) is 0 Å². The molecular formula is C7H7N3S. The third kappa shape index (κ3) is 1.09. The first-order valence-corrected chi connectivity index (χ1v) is 3.94. The van der Waals surface area contributed by atoms with Crippen molar-refractivity contribution in [2.75, 3.05) is 0 Å². The van der Waals surface area contributed by atoms with E-state index >= 15 is 0 Å². The molecule has 3 nitrogen and oxygen atoms in total. The molecule has 2 heterocycles. The average molecular weight is 165 g/mol. The van der Waals surface area contributed by atoms with Crippen LogP contribution in [0.2, 0.25) is 0 Å². The predicted molar refractivity (Wildman–Crippen MR) is 45.7 cm³/mol. The van der Waals surface area contributed by atoms with Crippen LogP contribution >= 0.6 is 12.6 Å². The van der Waals surface area contributed by atoms with Crippen molar-refractivity contribution in [3.05, 3.63) is 30.2 Å². The maximum atomic E-state index is 4.21. The van der Waals surface area contributed by atoms with Gasteiger partial charge in [0.15, 0.2) is 11.5 Å². The summed E-state index contributed by atoms with van der Waals surface area (Å²) in [5.41, 5.74) is 0.872. The van der Waals surface area contributed by atoms with E-state index in [0.29, 0.717) is 5.75 Å². The molecule has 4 heteroatoms. The lowest BCUT2D eigenvalue weighted by atomic mass is 10.5. The van der Waals surface area contributed by atoms with Gasteiger partial charge in [-0.25, -0.2) is 9.50 Å². The summed E-state index contributed by atoms with van der Waals surface area (Å²) in [5.74, 6) is 1.35. The van der Waals surface area contributed by atoms with Crippen molar-refractivity contribution in [2.24, 2.45) is 0 Å². The molecule has 0 radical (unpaired) electrons. The topological polar surface area (TPSA) is 30.2 Å². The van der Waals surface area contributed by atoms with Gasteiger partial charge in [-0.3, -0.25) is 0 Å². The quantitative estimate of drug-likeness (QED) is 0.643. The largest absolute Gasteiger partial charge is 0.221 e. The number of rotatable bonds is 1.